The summed E-state index contributed by atoms with van der Waals surface area (Å²) in [5.41, 5.74) is 0.782. The predicted molar refractivity (Wildman–Crippen MR) is 76.5 cm³/mol. The highest BCUT2D eigenvalue weighted by Crippen LogP contribution is 2.25. The minimum absolute atomic E-state index is 0.0578. The highest BCUT2D eigenvalue weighted by molar-refractivity contribution is 6.69. The largest absolute Gasteiger partial charge is 0.289 e. The van der Waals surface area contributed by atoms with E-state index in [4.69, 9.17) is 34.8 Å². The number of rotatable bonds is 3. The standard InChI is InChI=1S/C14H7Cl3O2/c15-9-6-4-8(5-7-9)13(18)10-2-1-3-11(12(10)16)14(17)19/h1-7H. The van der Waals surface area contributed by atoms with Crippen LogP contribution in [0.5, 0.6) is 0 Å². The summed E-state index contributed by atoms with van der Waals surface area (Å²) in [6, 6.07) is 11.0. The third-order valence-electron chi connectivity index (χ3n) is 2.56. The van der Waals surface area contributed by atoms with Gasteiger partial charge in [-0.1, -0.05) is 29.3 Å². The van der Waals surface area contributed by atoms with Crippen molar-refractivity contribution >= 4 is 45.8 Å². The molecule has 0 bridgehead atoms. The van der Waals surface area contributed by atoms with Gasteiger partial charge < -0.3 is 0 Å². The molecular formula is C14H7Cl3O2. The van der Waals surface area contributed by atoms with Gasteiger partial charge in [0.1, 0.15) is 0 Å². The number of hydrogen-bond donors (Lipinski definition) is 0. The lowest BCUT2D eigenvalue weighted by atomic mass is 10.0. The predicted octanol–water partition coefficient (Wildman–Crippen LogP) is 4.60. The van der Waals surface area contributed by atoms with Gasteiger partial charge in [-0.15, -0.1) is 0 Å². The second kappa shape index (κ2) is 5.74. The second-order valence-electron chi connectivity index (χ2n) is 3.78. The number of halogens is 3. The molecule has 2 aromatic carbocycles. The van der Waals surface area contributed by atoms with Crippen LogP contribution in [-0.2, 0) is 0 Å². The molecular weight excluding hydrogens is 307 g/mol. The Kier molecular flexibility index (Phi) is 4.25. The maximum Gasteiger partial charge on any atom is 0.253 e. The van der Waals surface area contributed by atoms with Crippen molar-refractivity contribution in [3.63, 3.8) is 0 Å². The van der Waals surface area contributed by atoms with Crippen molar-refractivity contribution in [2.24, 2.45) is 0 Å². The quantitative estimate of drug-likeness (QED) is 0.613. The summed E-state index contributed by atoms with van der Waals surface area (Å²) < 4.78 is 0. The highest BCUT2D eigenvalue weighted by atomic mass is 35.5. The Morgan fingerprint density at radius 1 is 0.842 bits per heavy atom. The molecule has 0 aliphatic heterocycles. The van der Waals surface area contributed by atoms with Crippen molar-refractivity contribution < 1.29 is 9.59 Å². The van der Waals surface area contributed by atoms with E-state index < -0.39 is 5.24 Å². The van der Waals surface area contributed by atoms with Crippen molar-refractivity contribution in [3.05, 3.63) is 69.2 Å². The third kappa shape index (κ3) is 2.98. The molecule has 0 spiro atoms. The first-order valence-electron chi connectivity index (χ1n) is 5.29. The molecule has 0 heterocycles. The van der Waals surface area contributed by atoms with E-state index in [-0.39, 0.29) is 21.9 Å². The Morgan fingerprint density at radius 3 is 2.00 bits per heavy atom. The van der Waals surface area contributed by atoms with Crippen molar-refractivity contribution in [3.8, 4) is 0 Å². The smallest absolute Gasteiger partial charge is 0.253 e. The van der Waals surface area contributed by atoms with Crippen LogP contribution in [0.2, 0.25) is 10.0 Å². The van der Waals surface area contributed by atoms with Gasteiger partial charge in [0, 0.05) is 16.1 Å². The first kappa shape index (κ1) is 14.1. The molecule has 2 nitrogen and oxygen atoms in total. The van der Waals surface area contributed by atoms with Gasteiger partial charge in [-0.2, -0.15) is 0 Å². The number of benzene rings is 2. The summed E-state index contributed by atoms with van der Waals surface area (Å²) in [5.74, 6) is -0.290. The van der Waals surface area contributed by atoms with Gasteiger partial charge in [0.2, 0.25) is 0 Å². The summed E-state index contributed by atoms with van der Waals surface area (Å²) in [6.07, 6.45) is 0. The normalized spacial score (nSPS) is 10.3. The first-order valence-corrected chi connectivity index (χ1v) is 6.42. The molecule has 96 valence electrons. The molecule has 0 atom stereocenters. The Labute approximate surface area is 124 Å². The molecule has 0 radical (unpaired) electrons. The van der Waals surface area contributed by atoms with Crippen molar-refractivity contribution in [2.45, 2.75) is 0 Å². The Balaban J connectivity index is 2.47. The van der Waals surface area contributed by atoms with Crippen LogP contribution in [0.1, 0.15) is 26.3 Å². The molecule has 0 amide bonds. The van der Waals surface area contributed by atoms with E-state index in [2.05, 4.69) is 0 Å². The van der Waals surface area contributed by atoms with E-state index in [1.54, 1.807) is 36.4 Å². The van der Waals surface area contributed by atoms with Gasteiger partial charge >= 0.3 is 0 Å². The molecule has 0 saturated carbocycles. The van der Waals surface area contributed by atoms with Crippen molar-refractivity contribution in [1.82, 2.24) is 0 Å². The lowest BCUT2D eigenvalue weighted by molar-refractivity contribution is 0.103. The average molecular weight is 314 g/mol. The summed E-state index contributed by atoms with van der Waals surface area (Å²) in [4.78, 5) is 23.4. The fourth-order valence-corrected chi connectivity index (χ4v) is 2.25. The van der Waals surface area contributed by atoms with Crippen LogP contribution >= 0.6 is 34.8 Å². The summed E-state index contributed by atoms with van der Waals surface area (Å²) >= 11 is 17.2. The van der Waals surface area contributed by atoms with Crippen LogP contribution in [0, 0.1) is 0 Å². The van der Waals surface area contributed by atoms with Crippen LogP contribution in [0.25, 0.3) is 0 Å². The summed E-state index contributed by atoms with van der Waals surface area (Å²) in [5, 5.41) is -0.106. The molecule has 0 aromatic heterocycles. The lowest BCUT2D eigenvalue weighted by Gasteiger charge is -2.06. The van der Waals surface area contributed by atoms with Crippen LogP contribution in [0.3, 0.4) is 0 Å². The van der Waals surface area contributed by atoms with Gasteiger partial charge in [0.25, 0.3) is 5.24 Å². The Hall–Kier alpha value is -1.35. The molecule has 0 N–H and O–H groups in total. The molecule has 0 fully saturated rings. The number of carbonyl (C=O) groups excluding carboxylic acids is 2. The Morgan fingerprint density at radius 2 is 1.42 bits per heavy atom. The molecule has 5 heteroatoms. The van der Waals surface area contributed by atoms with Crippen LogP contribution in [0.15, 0.2) is 42.5 Å². The SMILES string of the molecule is O=C(Cl)c1cccc(C(=O)c2ccc(Cl)cc2)c1Cl. The zero-order valence-electron chi connectivity index (χ0n) is 9.49. The molecule has 0 aliphatic rings. The van der Waals surface area contributed by atoms with Crippen LogP contribution < -0.4 is 0 Å². The first-order chi connectivity index (χ1) is 9.00. The second-order valence-corrected chi connectivity index (χ2v) is 4.93. The van der Waals surface area contributed by atoms with E-state index >= 15 is 0 Å². The fraction of sp³-hybridized carbons (Fsp3) is 0. The zero-order valence-corrected chi connectivity index (χ0v) is 11.8. The van der Waals surface area contributed by atoms with Crippen LogP contribution in [-0.4, -0.2) is 11.0 Å². The topological polar surface area (TPSA) is 34.1 Å². The summed E-state index contributed by atoms with van der Waals surface area (Å²) in [7, 11) is 0. The van der Waals surface area contributed by atoms with E-state index in [0.29, 0.717) is 10.6 Å². The van der Waals surface area contributed by atoms with Gasteiger partial charge in [-0.3, -0.25) is 9.59 Å². The zero-order chi connectivity index (χ0) is 14.0. The van der Waals surface area contributed by atoms with Crippen LogP contribution in [0.4, 0.5) is 0 Å². The van der Waals surface area contributed by atoms with E-state index in [9.17, 15) is 9.59 Å². The molecule has 19 heavy (non-hydrogen) atoms. The molecule has 0 saturated heterocycles. The average Bonchev–Trinajstić information content (AvgIpc) is 2.38. The van der Waals surface area contributed by atoms with Crippen molar-refractivity contribution in [1.29, 1.82) is 0 Å². The van der Waals surface area contributed by atoms with E-state index in [0.717, 1.165) is 0 Å². The molecule has 2 rings (SSSR count). The van der Waals surface area contributed by atoms with E-state index in [1.807, 2.05) is 0 Å². The van der Waals surface area contributed by atoms with Crippen molar-refractivity contribution in [2.75, 3.05) is 0 Å². The fourth-order valence-electron chi connectivity index (χ4n) is 1.62. The molecule has 0 aliphatic carbocycles. The lowest BCUT2D eigenvalue weighted by Crippen LogP contribution is -2.04. The minimum atomic E-state index is -0.698. The number of carbonyl (C=O) groups is 2. The van der Waals surface area contributed by atoms with E-state index in [1.165, 1.54) is 6.07 Å². The monoisotopic (exact) mass is 312 g/mol. The molecule has 0 unspecified atom stereocenters. The van der Waals surface area contributed by atoms with Gasteiger partial charge in [-0.05, 0) is 48.0 Å². The third-order valence-corrected chi connectivity index (χ3v) is 3.42. The number of ketones is 1. The number of hydrogen-bond acceptors (Lipinski definition) is 2. The molecule has 2 aromatic rings. The van der Waals surface area contributed by atoms with Gasteiger partial charge in [-0.25, -0.2) is 0 Å². The Bertz CT molecular complexity index is 648. The maximum absolute atomic E-state index is 12.3. The maximum atomic E-state index is 12.3. The van der Waals surface area contributed by atoms with Gasteiger partial charge in [0.15, 0.2) is 5.78 Å². The highest BCUT2D eigenvalue weighted by Gasteiger charge is 2.17. The summed E-state index contributed by atoms with van der Waals surface area (Å²) in [6.45, 7) is 0. The van der Waals surface area contributed by atoms with Gasteiger partial charge in [0.05, 0.1) is 10.6 Å². The minimum Gasteiger partial charge on any atom is -0.289 e.